The molecule has 3 heteroatoms. The Bertz CT molecular complexity index is 279. The van der Waals surface area contributed by atoms with Gasteiger partial charge in [-0.3, -0.25) is 0 Å². The standard InChI is InChI=1S/C14H22O3/c1-4-6-7-8-9-10-11-12(3)14(16)17-13(15)5-2/h5H,2-4,6-11H2,1H3. The van der Waals surface area contributed by atoms with Crippen LogP contribution in [0.5, 0.6) is 0 Å². The number of carbonyl (C=O) groups is 2. The summed E-state index contributed by atoms with van der Waals surface area (Å²) in [5, 5.41) is 0. The van der Waals surface area contributed by atoms with Crippen LogP contribution in [0.15, 0.2) is 24.8 Å². The minimum Gasteiger partial charge on any atom is -0.386 e. The zero-order chi connectivity index (χ0) is 13.1. The van der Waals surface area contributed by atoms with Crippen LogP contribution in [0.4, 0.5) is 0 Å². The van der Waals surface area contributed by atoms with Crippen LogP contribution in [0.1, 0.15) is 51.9 Å². The summed E-state index contributed by atoms with van der Waals surface area (Å²) in [5.74, 6) is -1.36. The lowest BCUT2D eigenvalue weighted by Gasteiger charge is -2.04. The van der Waals surface area contributed by atoms with Gasteiger partial charge >= 0.3 is 11.9 Å². The van der Waals surface area contributed by atoms with E-state index in [4.69, 9.17) is 0 Å². The van der Waals surface area contributed by atoms with Crippen molar-refractivity contribution in [2.75, 3.05) is 0 Å². The second kappa shape index (κ2) is 9.82. The third-order valence-electron chi connectivity index (χ3n) is 2.48. The number of carbonyl (C=O) groups excluding carboxylic acids is 2. The molecule has 3 nitrogen and oxygen atoms in total. The molecule has 0 saturated heterocycles. The molecule has 0 radical (unpaired) electrons. The summed E-state index contributed by atoms with van der Waals surface area (Å²) in [6.45, 7) is 9.01. The molecular formula is C14H22O3. The van der Waals surface area contributed by atoms with Gasteiger partial charge in [-0.2, -0.15) is 0 Å². The van der Waals surface area contributed by atoms with Gasteiger partial charge in [0.1, 0.15) is 0 Å². The number of ether oxygens (including phenoxy) is 1. The first-order chi connectivity index (χ1) is 8.11. The van der Waals surface area contributed by atoms with Crippen LogP contribution in [0, 0.1) is 0 Å². The quantitative estimate of drug-likeness (QED) is 0.267. The third-order valence-corrected chi connectivity index (χ3v) is 2.48. The lowest BCUT2D eigenvalue weighted by Crippen LogP contribution is -2.11. The van der Waals surface area contributed by atoms with Gasteiger partial charge < -0.3 is 4.74 Å². The van der Waals surface area contributed by atoms with Crippen LogP contribution in [0.3, 0.4) is 0 Å². The average molecular weight is 238 g/mol. The predicted molar refractivity (Wildman–Crippen MR) is 68.4 cm³/mol. The number of hydrogen-bond acceptors (Lipinski definition) is 3. The van der Waals surface area contributed by atoms with Gasteiger partial charge in [0.05, 0.1) is 0 Å². The first-order valence-electron chi connectivity index (χ1n) is 6.18. The summed E-state index contributed by atoms with van der Waals surface area (Å²) >= 11 is 0. The third kappa shape index (κ3) is 8.43. The molecule has 0 aliphatic carbocycles. The minimum atomic E-state index is -0.723. The normalized spacial score (nSPS) is 9.71. The highest BCUT2D eigenvalue weighted by atomic mass is 16.6. The summed E-state index contributed by atoms with van der Waals surface area (Å²) in [4.78, 5) is 22.1. The molecule has 0 unspecified atom stereocenters. The SMILES string of the molecule is C=CC(=O)OC(=O)C(=C)CCCCCCCC. The van der Waals surface area contributed by atoms with Crippen molar-refractivity contribution < 1.29 is 14.3 Å². The molecule has 0 aromatic carbocycles. The van der Waals surface area contributed by atoms with E-state index in [9.17, 15) is 9.59 Å². The molecule has 0 rings (SSSR count). The predicted octanol–water partition coefficient (Wildman–Crippen LogP) is 3.55. The Morgan fingerprint density at radius 1 is 1.12 bits per heavy atom. The molecule has 0 aromatic rings. The Balaban J connectivity index is 3.61. The van der Waals surface area contributed by atoms with Gasteiger partial charge in [-0.1, -0.05) is 52.2 Å². The van der Waals surface area contributed by atoms with E-state index in [0.29, 0.717) is 12.0 Å². The summed E-state index contributed by atoms with van der Waals surface area (Å²) in [7, 11) is 0. The van der Waals surface area contributed by atoms with Gasteiger partial charge in [-0.15, -0.1) is 0 Å². The van der Waals surface area contributed by atoms with Crippen molar-refractivity contribution in [2.45, 2.75) is 51.9 Å². The fourth-order valence-corrected chi connectivity index (χ4v) is 1.43. The van der Waals surface area contributed by atoms with E-state index >= 15 is 0 Å². The van der Waals surface area contributed by atoms with Crippen molar-refractivity contribution >= 4 is 11.9 Å². The van der Waals surface area contributed by atoms with E-state index in [1.807, 2.05) is 0 Å². The molecule has 0 aliphatic heterocycles. The topological polar surface area (TPSA) is 43.4 Å². The molecular weight excluding hydrogens is 216 g/mol. The summed E-state index contributed by atoms with van der Waals surface area (Å²) in [6.07, 6.45) is 8.47. The molecule has 0 spiro atoms. The maximum Gasteiger partial charge on any atom is 0.341 e. The number of esters is 2. The molecule has 0 atom stereocenters. The maximum absolute atomic E-state index is 11.3. The zero-order valence-electron chi connectivity index (χ0n) is 10.7. The monoisotopic (exact) mass is 238 g/mol. The van der Waals surface area contributed by atoms with E-state index in [1.165, 1.54) is 25.7 Å². The Morgan fingerprint density at radius 2 is 1.71 bits per heavy atom. The van der Waals surface area contributed by atoms with Crippen LogP contribution >= 0.6 is 0 Å². The molecule has 96 valence electrons. The smallest absolute Gasteiger partial charge is 0.341 e. The highest BCUT2D eigenvalue weighted by Gasteiger charge is 2.11. The van der Waals surface area contributed by atoms with Crippen LogP contribution in [-0.2, 0) is 14.3 Å². The molecule has 0 aromatic heterocycles. The molecule has 0 saturated carbocycles. The van der Waals surface area contributed by atoms with Gasteiger partial charge in [-0.05, 0) is 12.8 Å². The van der Waals surface area contributed by atoms with E-state index in [2.05, 4.69) is 24.8 Å². The van der Waals surface area contributed by atoms with E-state index in [-0.39, 0.29) is 0 Å². The average Bonchev–Trinajstić information content (AvgIpc) is 2.32. The van der Waals surface area contributed by atoms with Crippen molar-refractivity contribution in [3.05, 3.63) is 24.8 Å². The van der Waals surface area contributed by atoms with Crippen molar-refractivity contribution in [3.8, 4) is 0 Å². The molecule has 0 aliphatic rings. The van der Waals surface area contributed by atoms with Crippen molar-refractivity contribution in [1.82, 2.24) is 0 Å². The number of hydrogen-bond donors (Lipinski definition) is 0. The van der Waals surface area contributed by atoms with Gasteiger partial charge in [0.15, 0.2) is 0 Å². The van der Waals surface area contributed by atoms with Crippen LogP contribution in [0.2, 0.25) is 0 Å². The Kier molecular flexibility index (Phi) is 9.02. The van der Waals surface area contributed by atoms with Gasteiger partial charge in [-0.25, -0.2) is 9.59 Å². The number of unbranched alkanes of at least 4 members (excludes halogenated alkanes) is 5. The lowest BCUT2D eigenvalue weighted by molar-refractivity contribution is -0.153. The Labute approximate surface area is 104 Å². The maximum atomic E-state index is 11.3. The fraction of sp³-hybridized carbons (Fsp3) is 0.571. The van der Waals surface area contributed by atoms with E-state index in [1.54, 1.807) is 0 Å². The van der Waals surface area contributed by atoms with Crippen molar-refractivity contribution in [2.24, 2.45) is 0 Å². The Morgan fingerprint density at radius 3 is 2.29 bits per heavy atom. The Hall–Kier alpha value is -1.38. The zero-order valence-corrected chi connectivity index (χ0v) is 10.7. The minimum absolute atomic E-state index is 0.357. The molecule has 0 bridgehead atoms. The largest absolute Gasteiger partial charge is 0.386 e. The summed E-state index contributed by atoms with van der Waals surface area (Å²) in [5.41, 5.74) is 0.357. The summed E-state index contributed by atoms with van der Waals surface area (Å²) in [6, 6.07) is 0. The fourth-order valence-electron chi connectivity index (χ4n) is 1.43. The molecule has 0 heterocycles. The van der Waals surface area contributed by atoms with Crippen molar-refractivity contribution in [1.29, 1.82) is 0 Å². The second-order valence-corrected chi connectivity index (χ2v) is 4.03. The molecule has 0 fully saturated rings. The second-order valence-electron chi connectivity index (χ2n) is 4.03. The number of rotatable bonds is 9. The highest BCUT2D eigenvalue weighted by Crippen LogP contribution is 2.11. The first-order valence-corrected chi connectivity index (χ1v) is 6.18. The van der Waals surface area contributed by atoms with E-state index < -0.39 is 11.9 Å². The van der Waals surface area contributed by atoms with Crippen molar-refractivity contribution in [3.63, 3.8) is 0 Å². The first kappa shape index (κ1) is 15.6. The lowest BCUT2D eigenvalue weighted by atomic mass is 10.1. The summed E-state index contributed by atoms with van der Waals surface area (Å²) < 4.78 is 4.46. The molecule has 0 N–H and O–H groups in total. The molecule has 0 amide bonds. The van der Waals surface area contributed by atoms with Gasteiger partial charge in [0.25, 0.3) is 0 Å². The van der Waals surface area contributed by atoms with Crippen LogP contribution < -0.4 is 0 Å². The van der Waals surface area contributed by atoms with E-state index in [0.717, 1.165) is 18.9 Å². The van der Waals surface area contributed by atoms with Crippen LogP contribution in [0.25, 0.3) is 0 Å². The van der Waals surface area contributed by atoms with Gasteiger partial charge in [0, 0.05) is 11.6 Å². The molecule has 17 heavy (non-hydrogen) atoms. The van der Waals surface area contributed by atoms with Crippen LogP contribution in [-0.4, -0.2) is 11.9 Å². The highest BCUT2D eigenvalue weighted by molar-refractivity contribution is 5.98. The van der Waals surface area contributed by atoms with Gasteiger partial charge in [0.2, 0.25) is 0 Å².